The van der Waals surface area contributed by atoms with Crippen LogP contribution in [0.4, 0.5) is 0 Å². The SMILES string of the molecule is CCCCC(=O)[O-].[Ga+3].[OH-].[OH-]. The van der Waals surface area contributed by atoms with Crippen molar-refractivity contribution in [2.45, 2.75) is 26.2 Å². The standard InChI is InChI=1S/C5H10O2.Ga.2H2O/c1-2-3-4-5(6)7;;;/h2-4H2,1H3,(H,6,7);;2*1H2/q;+3;;/p-3. The molecule has 0 amide bonds. The summed E-state index contributed by atoms with van der Waals surface area (Å²) in [6.07, 6.45) is 1.87. The van der Waals surface area contributed by atoms with Crippen LogP contribution < -0.4 is 5.11 Å². The molecule has 0 saturated heterocycles. The molecule has 0 fully saturated rings. The number of carbonyl (C=O) groups is 1. The van der Waals surface area contributed by atoms with Gasteiger partial charge in [-0.25, -0.2) is 0 Å². The molecule has 0 atom stereocenters. The van der Waals surface area contributed by atoms with Crippen molar-refractivity contribution in [1.82, 2.24) is 0 Å². The predicted octanol–water partition coefficient (Wildman–Crippen LogP) is -0.808. The minimum absolute atomic E-state index is 0. The molecule has 4 nitrogen and oxygen atoms in total. The van der Waals surface area contributed by atoms with Crippen molar-refractivity contribution in [2.24, 2.45) is 0 Å². The first kappa shape index (κ1) is 22.5. The maximum atomic E-state index is 9.65. The minimum atomic E-state index is -0.943. The molecule has 0 spiro atoms. The Morgan fingerprint density at radius 2 is 1.80 bits per heavy atom. The van der Waals surface area contributed by atoms with Gasteiger partial charge >= 0.3 is 19.8 Å². The Morgan fingerprint density at radius 1 is 1.40 bits per heavy atom. The molecule has 0 unspecified atom stereocenters. The van der Waals surface area contributed by atoms with Crippen molar-refractivity contribution in [2.75, 3.05) is 0 Å². The smallest absolute Gasteiger partial charge is 0.870 e. The Bertz CT molecular complexity index is 66.7. The first-order valence-electron chi connectivity index (χ1n) is 2.47. The van der Waals surface area contributed by atoms with Crippen molar-refractivity contribution in [1.29, 1.82) is 0 Å². The van der Waals surface area contributed by atoms with Gasteiger partial charge in [-0.2, -0.15) is 0 Å². The zero-order valence-electron chi connectivity index (χ0n) is 5.91. The van der Waals surface area contributed by atoms with Crippen molar-refractivity contribution in [3.8, 4) is 0 Å². The molecule has 0 bridgehead atoms. The number of carboxylic acid groups (broad SMARTS) is 1. The molecule has 10 heavy (non-hydrogen) atoms. The van der Waals surface area contributed by atoms with Crippen LogP contribution in [0.2, 0.25) is 0 Å². The molecule has 0 rings (SSSR count). The number of carbonyl (C=O) groups excluding carboxylic acids is 1. The largest absolute Gasteiger partial charge is 3.00 e. The second kappa shape index (κ2) is 16.0. The van der Waals surface area contributed by atoms with Gasteiger partial charge in [0, 0.05) is 5.97 Å². The maximum Gasteiger partial charge on any atom is 3.00 e. The summed E-state index contributed by atoms with van der Waals surface area (Å²) in [4.78, 5) is 9.65. The van der Waals surface area contributed by atoms with E-state index in [9.17, 15) is 9.90 Å². The number of aliphatic carboxylic acids is 1. The molecule has 5 heteroatoms. The second-order valence-corrected chi connectivity index (χ2v) is 1.48. The quantitative estimate of drug-likeness (QED) is 0.562. The molecule has 0 aromatic heterocycles. The number of unbranched alkanes of at least 4 members (excludes halogenated alkanes) is 1. The summed E-state index contributed by atoms with van der Waals surface area (Å²) < 4.78 is 0. The van der Waals surface area contributed by atoms with Crippen LogP contribution in [0.5, 0.6) is 0 Å². The van der Waals surface area contributed by atoms with E-state index in [4.69, 9.17) is 0 Å². The predicted molar refractivity (Wildman–Crippen MR) is 34.2 cm³/mol. The van der Waals surface area contributed by atoms with E-state index < -0.39 is 5.97 Å². The van der Waals surface area contributed by atoms with E-state index in [2.05, 4.69) is 0 Å². The number of hydrogen-bond donors (Lipinski definition) is 0. The van der Waals surface area contributed by atoms with E-state index in [-0.39, 0.29) is 37.2 Å². The summed E-state index contributed by atoms with van der Waals surface area (Å²) in [7, 11) is 0. The van der Waals surface area contributed by atoms with Gasteiger partial charge in [-0.1, -0.05) is 13.3 Å². The summed E-state index contributed by atoms with van der Waals surface area (Å²) in [6.45, 7) is 1.95. The van der Waals surface area contributed by atoms with Crippen LogP contribution in [0.25, 0.3) is 0 Å². The Hall–Kier alpha value is 0.0264. The third-order valence-corrected chi connectivity index (χ3v) is 0.734. The molecule has 58 valence electrons. The van der Waals surface area contributed by atoms with Crippen LogP contribution in [-0.4, -0.2) is 36.7 Å². The van der Waals surface area contributed by atoms with Crippen LogP contribution in [-0.2, 0) is 4.79 Å². The topological polar surface area (TPSA) is 100 Å². The monoisotopic (exact) mass is 204 g/mol. The molecule has 0 aromatic rings. The van der Waals surface area contributed by atoms with E-state index in [0.29, 0.717) is 0 Å². The zero-order chi connectivity index (χ0) is 5.70. The zero-order valence-corrected chi connectivity index (χ0v) is 8.33. The van der Waals surface area contributed by atoms with Crippen LogP contribution in [0.15, 0.2) is 0 Å². The molecule has 0 aliphatic rings. The molecule has 0 saturated carbocycles. The fourth-order valence-corrected chi connectivity index (χ4v) is 0.321. The fourth-order valence-electron chi connectivity index (χ4n) is 0.321. The normalized spacial score (nSPS) is 6.10. The molecule has 0 aromatic carbocycles. The van der Waals surface area contributed by atoms with Gasteiger partial charge in [-0.15, -0.1) is 0 Å². The molecule has 2 N–H and O–H groups in total. The van der Waals surface area contributed by atoms with Crippen LogP contribution in [0.1, 0.15) is 26.2 Å². The Morgan fingerprint density at radius 3 is 1.90 bits per heavy atom. The fraction of sp³-hybridized carbons (Fsp3) is 0.800. The first-order valence-corrected chi connectivity index (χ1v) is 2.47. The van der Waals surface area contributed by atoms with Gasteiger partial charge in [0.2, 0.25) is 0 Å². The summed E-state index contributed by atoms with van der Waals surface area (Å²) >= 11 is 0. The molecule has 0 aliphatic heterocycles. The van der Waals surface area contributed by atoms with Crippen LogP contribution in [0, 0.1) is 0 Å². The molecular formula is C5H11GaO4. The second-order valence-electron chi connectivity index (χ2n) is 1.48. The van der Waals surface area contributed by atoms with Crippen LogP contribution >= 0.6 is 0 Å². The van der Waals surface area contributed by atoms with E-state index in [1.807, 2.05) is 6.92 Å². The Balaban J connectivity index is -0.0000000600. The van der Waals surface area contributed by atoms with Gasteiger partial charge < -0.3 is 20.9 Å². The van der Waals surface area contributed by atoms with Gasteiger partial charge in [0.1, 0.15) is 0 Å². The number of rotatable bonds is 3. The first-order chi connectivity index (χ1) is 3.27. The Labute approximate surface area is 73.3 Å². The molecule has 0 radical (unpaired) electrons. The van der Waals surface area contributed by atoms with Crippen molar-refractivity contribution in [3.63, 3.8) is 0 Å². The summed E-state index contributed by atoms with van der Waals surface area (Å²) in [5.74, 6) is -0.943. The summed E-state index contributed by atoms with van der Waals surface area (Å²) in [6, 6.07) is 0. The number of hydrogen-bond acceptors (Lipinski definition) is 4. The third-order valence-electron chi connectivity index (χ3n) is 0.734. The van der Waals surface area contributed by atoms with Gasteiger partial charge in [0.05, 0.1) is 0 Å². The van der Waals surface area contributed by atoms with Gasteiger partial charge in [0.15, 0.2) is 0 Å². The van der Waals surface area contributed by atoms with Gasteiger partial charge in [-0.3, -0.25) is 0 Å². The summed E-state index contributed by atoms with van der Waals surface area (Å²) in [5.41, 5.74) is 0. The van der Waals surface area contributed by atoms with Crippen molar-refractivity contribution < 1.29 is 20.9 Å². The molecule has 0 heterocycles. The summed E-state index contributed by atoms with van der Waals surface area (Å²) in [5, 5.41) is 9.65. The Kier molecular flexibility index (Phi) is 36.0. The van der Waals surface area contributed by atoms with Crippen molar-refractivity contribution >= 4 is 25.8 Å². The average molecular weight is 205 g/mol. The third kappa shape index (κ3) is 24.4. The van der Waals surface area contributed by atoms with Gasteiger partial charge in [0.25, 0.3) is 0 Å². The maximum absolute atomic E-state index is 9.65. The van der Waals surface area contributed by atoms with E-state index in [1.165, 1.54) is 0 Å². The number of carboxylic acids is 1. The van der Waals surface area contributed by atoms with Crippen molar-refractivity contribution in [3.05, 3.63) is 0 Å². The minimum Gasteiger partial charge on any atom is -0.870 e. The van der Waals surface area contributed by atoms with E-state index >= 15 is 0 Å². The van der Waals surface area contributed by atoms with E-state index in [1.54, 1.807) is 0 Å². The molecular weight excluding hydrogens is 194 g/mol. The average Bonchev–Trinajstić information content (AvgIpc) is 1.61. The molecule has 0 aliphatic carbocycles. The van der Waals surface area contributed by atoms with Gasteiger partial charge in [-0.05, 0) is 12.8 Å². The van der Waals surface area contributed by atoms with Crippen LogP contribution in [0.3, 0.4) is 0 Å². The van der Waals surface area contributed by atoms with E-state index in [0.717, 1.165) is 12.8 Å².